The quantitative estimate of drug-likeness (QED) is 0.629. The molecule has 3 nitrogen and oxygen atoms in total. The van der Waals surface area contributed by atoms with E-state index in [2.05, 4.69) is 18.2 Å². The summed E-state index contributed by atoms with van der Waals surface area (Å²) in [6, 6.07) is 19.8. The van der Waals surface area contributed by atoms with Crippen LogP contribution in [0.5, 0.6) is 5.75 Å². The Hall–Kier alpha value is -2.81. The second-order valence-corrected chi connectivity index (χ2v) is 5.96. The fourth-order valence-electron chi connectivity index (χ4n) is 2.69. The molecule has 0 saturated carbocycles. The maximum absolute atomic E-state index is 11.6. The third-order valence-electron chi connectivity index (χ3n) is 3.80. The fourth-order valence-corrected chi connectivity index (χ4v) is 2.69. The molecular formula is C21H20O3. The van der Waals surface area contributed by atoms with Crippen molar-refractivity contribution in [1.82, 2.24) is 0 Å². The minimum Gasteiger partial charge on any atom is -0.491 e. The lowest BCUT2D eigenvalue weighted by atomic mass is 10.00. The number of hydrogen-bond donors (Lipinski definition) is 0. The summed E-state index contributed by atoms with van der Waals surface area (Å²) in [4.78, 5) is 11.6. The second-order valence-electron chi connectivity index (χ2n) is 5.96. The van der Waals surface area contributed by atoms with E-state index in [-0.39, 0.29) is 12.1 Å². The Labute approximate surface area is 141 Å². The number of hydrogen-bond acceptors (Lipinski definition) is 3. The molecule has 0 aliphatic heterocycles. The van der Waals surface area contributed by atoms with Gasteiger partial charge < -0.3 is 9.47 Å². The molecule has 0 heterocycles. The van der Waals surface area contributed by atoms with Gasteiger partial charge in [0.25, 0.3) is 0 Å². The van der Waals surface area contributed by atoms with Crippen molar-refractivity contribution in [3.8, 4) is 16.9 Å². The summed E-state index contributed by atoms with van der Waals surface area (Å²) >= 11 is 0. The zero-order valence-corrected chi connectivity index (χ0v) is 14.1. The molecule has 0 unspecified atom stereocenters. The number of benzene rings is 3. The van der Waals surface area contributed by atoms with Gasteiger partial charge in [0.1, 0.15) is 5.75 Å². The molecule has 0 N–H and O–H groups in total. The van der Waals surface area contributed by atoms with Crippen LogP contribution in [-0.4, -0.2) is 19.2 Å². The van der Waals surface area contributed by atoms with Crippen LogP contribution >= 0.6 is 0 Å². The maximum atomic E-state index is 11.6. The van der Waals surface area contributed by atoms with E-state index in [0.29, 0.717) is 5.56 Å². The topological polar surface area (TPSA) is 35.5 Å². The van der Waals surface area contributed by atoms with E-state index in [9.17, 15) is 4.79 Å². The van der Waals surface area contributed by atoms with Crippen molar-refractivity contribution in [2.75, 3.05) is 7.11 Å². The van der Waals surface area contributed by atoms with Gasteiger partial charge in [0.2, 0.25) is 0 Å². The average Bonchev–Trinajstić information content (AvgIpc) is 2.59. The highest BCUT2D eigenvalue weighted by molar-refractivity contribution is 5.96. The minimum absolute atomic E-state index is 0.147. The van der Waals surface area contributed by atoms with Gasteiger partial charge in [0, 0.05) is 0 Å². The summed E-state index contributed by atoms with van der Waals surface area (Å²) in [5.41, 5.74) is 2.78. The Morgan fingerprint density at radius 1 is 0.875 bits per heavy atom. The van der Waals surface area contributed by atoms with E-state index in [1.54, 1.807) is 6.07 Å². The highest BCUT2D eigenvalue weighted by Gasteiger charge is 2.07. The van der Waals surface area contributed by atoms with Gasteiger partial charge in [-0.15, -0.1) is 0 Å². The Morgan fingerprint density at radius 2 is 1.58 bits per heavy atom. The Morgan fingerprint density at radius 3 is 2.33 bits per heavy atom. The van der Waals surface area contributed by atoms with E-state index in [4.69, 9.17) is 9.47 Å². The van der Waals surface area contributed by atoms with Crippen molar-refractivity contribution in [3.05, 3.63) is 66.2 Å². The summed E-state index contributed by atoms with van der Waals surface area (Å²) in [6.07, 6.45) is 0.147. The standard InChI is InChI=1S/C21H20O3/c1-14(2)24-20-6-4-5-15(13-20)16-7-8-18-12-19(21(22)23-3)10-9-17(18)11-16/h4-14H,1-3H3. The summed E-state index contributed by atoms with van der Waals surface area (Å²) in [6.45, 7) is 4.03. The Balaban J connectivity index is 1.97. The lowest BCUT2D eigenvalue weighted by molar-refractivity contribution is 0.0601. The van der Waals surface area contributed by atoms with Gasteiger partial charge in [-0.3, -0.25) is 0 Å². The maximum Gasteiger partial charge on any atom is 0.337 e. The van der Waals surface area contributed by atoms with Crippen LogP contribution in [0.1, 0.15) is 24.2 Å². The monoisotopic (exact) mass is 320 g/mol. The molecule has 0 saturated heterocycles. The Kier molecular flexibility index (Phi) is 4.52. The number of fused-ring (bicyclic) bond motifs is 1. The molecule has 3 aromatic carbocycles. The average molecular weight is 320 g/mol. The molecule has 3 aromatic rings. The van der Waals surface area contributed by atoms with Gasteiger partial charge in [0.15, 0.2) is 0 Å². The van der Waals surface area contributed by atoms with E-state index in [1.165, 1.54) is 7.11 Å². The van der Waals surface area contributed by atoms with Crippen molar-refractivity contribution in [3.63, 3.8) is 0 Å². The summed E-state index contributed by atoms with van der Waals surface area (Å²) in [7, 11) is 1.39. The molecule has 0 aliphatic carbocycles. The zero-order valence-electron chi connectivity index (χ0n) is 14.1. The SMILES string of the molecule is COC(=O)c1ccc2cc(-c3cccc(OC(C)C)c3)ccc2c1. The van der Waals surface area contributed by atoms with Crippen molar-refractivity contribution < 1.29 is 14.3 Å². The van der Waals surface area contributed by atoms with E-state index in [1.807, 2.05) is 50.2 Å². The van der Waals surface area contributed by atoms with Gasteiger partial charge in [-0.1, -0.05) is 30.3 Å². The van der Waals surface area contributed by atoms with Crippen LogP contribution in [0.15, 0.2) is 60.7 Å². The highest BCUT2D eigenvalue weighted by Crippen LogP contribution is 2.28. The number of rotatable bonds is 4. The van der Waals surface area contributed by atoms with Crippen LogP contribution in [0, 0.1) is 0 Å². The smallest absolute Gasteiger partial charge is 0.337 e. The molecule has 3 heteroatoms. The Bertz CT molecular complexity index is 881. The first kappa shape index (κ1) is 16.1. The summed E-state index contributed by atoms with van der Waals surface area (Å²) in [5, 5.41) is 2.09. The first-order valence-corrected chi connectivity index (χ1v) is 7.96. The molecule has 3 rings (SSSR count). The van der Waals surface area contributed by atoms with Crippen LogP contribution < -0.4 is 4.74 Å². The van der Waals surface area contributed by atoms with Crippen molar-refractivity contribution in [2.45, 2.75) is 20.0 Å². The zero-order chi connectivity index (χ0) is 17.1. The molecular weight excluding hydrogens is 300 g/mol. The lowest BCUT2D eigenvalue weighted by Gasteiger charge is -2.11. The van der Waals surface area contributed by atoms with E-state index < -0.39 is 0 Å². The molecule has 0 aromatic heterocycles. The van der Waals surface area contributed by atoms with Crippen molar-refractivity contribution in [1.29, 1.82) is 0 Å². The summed E-state index contributed by atoms with van der Waals surface area (Å²) < 4.78 is 10.5. The molecule has 0 spiro atoms. The van der Waals surface area contributed by atoms with E-state index >= 15 is 0 Å². The molecule has 122 valence electrons. The van der Waals surface area contributed by atoms with Gasteiger partial charge in [-0.25, -0.2) is 4.79 Å². The minimum atomic E-state index is -0.320. The van der Waals surface area contributed by atoms with Gasteiger partial charge >= 0.3 is 5.97 Å². The fraction of sp³-hybridized carbons (Fsp3) is 0.190. The lowest BCUT2D eigenvalue weighted by Crippen LogP contribution is -2.05. The molecule has 0 amide bonds. The first-order chi connectivity index (χ1) is 11.6. The molecule has 0 aliphatic rings. The van der Waals surface area contributed by atoms with Crippen LogP contribution in [-0.2, 0) is 4.74 Å². The number of carbonyl (C=O) groups excluding carboxylic acids is 1. The van der Waals surface area contributed by atoms with Gasteiger partial charge in [0.05, 0.1) is 18.8 Å². The number of methoxy groups -OCH3 is 1. The molecule has 24 heavy (non-hydrogen) atoms. The largest absolute Gasteiger partial charge is 0.491 e. The van der Waals surface area contributed by atoms with Crippen LogP contribution in [0.3, 0.4) is 0 Å². The van der Waals surface area contributed by atoms with E-state index in [0.717, 1.165) is 27.6 Å². The van der Waals surface area contributed by atoms with Crippen LogP contribution in [0.4, 0.5) is 0 Å². The van der Waals surface area contributed by atoms with Crippen LogP contribution in [0.25, 0.3) is 21.9 Å². The predicted molar refractivity (Wildman–Crippen MR) is 96.5 cm³/mol. The third kappa shape index (κ3) is 3.40. The van der Waals surface area contributed by atoms with Gasteiger partial charge in [-0.05, 0) is 66.1 Å². The third-order valence-corrected chi connectivity index (χ3v) is 3.80. The van der Waals surface area contributed by atoms with Crippen molar-refractivity contribution in [2.24, 2.45) is 0 Å². The predicted octanol–water partition coefficient (Wildman–Crippen LogP) is 5.08. The normalized spacial score (nSPS) is 10.8. The molecule has 0 bridgehead atoms. The number of esters is 1. The number of carbonyl (C=O) groups is 1. The first-order valence-electron chi connectivity index (χ1n) is 7.96. The second kappa shape index (κ2) is 6.75. The molecule has 0 fully saturated rings. The van der Waals surface area contributed by atoms with Crippen molar-refractivity contribution >= 4 is 16.7 Å². The molecule has 0 radical (unpaired) electrons. The molecule has 0 atom stereocenters. The summed E-state index contributed by atoms with van der Waals surface area (Å²) in [5.74, 6) is 0.545. The number of ether oxygens (including phenoxy) is 2. The van der Waals surface area contributed by atoms with Crippen LogP contribution in [0.2, 0.25) is 0 Å². The van der Waals surface area contributed by atoms with Gasteiger partial charge in [-0.2, -0.15) is 0 Å². The highest BCUT2D eigenvalue weighted by atomic mass is 16.5.